The molecule has 0 unspecified atom stereocenters. The average molecular weight is 209 g/mol. The predicted octanol–water partition coefficient (Wildman–Crippen LogP) is 1.70. The Morgan fingerprint density at radius 1 is 1.40 bits per heavy atom. The zero-order valence-corrected chi connectivity index (χ0v) is 9.40. The van der Waals surface area contributed by atoms with Crippen LogP contribution in [0.5, 0.6) is 5.75 Å². The Morgan fingerprint density at radius 3 is 2.60 bits per heavy atom. The van der Waals surface area contributed by atoms with Crippen LogP contribution in [0.15, 0.2) is 18.3 Å². The summed E-state index contributed by atoms with van der Waals surface area (Å²) in [4.78, 5) is 16.0. The summed E-state index contributed by atoms with van der Waals surface area (Å²) in [6.07, 6.45) is 1.56. The van der Waals surface area contributed by atoms with Crippen LogP contribution in [0, 0.1) is 0 Å². The Labute approximate surface area is 89.2 Å². The molecule has 0 atom stereocenters. The van der Waals surface area contributed by atoms with Crippen molar-refractivity contribution in [3.05, 3.63) is 24.0 Å². The lowest BCUT2D eigenvalue weighted by Crippen LogP contribution is -2.34. The molecule has 0 amide bonds. The third kappa shape index (κ3) is 2.33. The molecule has 0 saturated carbocycles. The Kier molecular flexibility index (Phi) is 3.42. The second-order valence-electron chi connectivity index (χ2n) is 3.60. The number of hydrogen-bond acceptors (Lipinski definition) is 4. The number of nitrogens with zero attached hydrogens (tertiary/aromatic N) is 1. The predicted molar refractivity (Wildman–Crippen MR) is 56.2 cm³/mol. The zero-order chi connectivity index (χ0) is 11.5. The van der Waals surface area contributed by atoms with Crippen LogP contribution in [-0.4, -0.2) is 30.6 Å². The van der Waals surface area contributed by atoms with Crippen molar-refractivity contribution in [3.63, 3.8) is 0 Å². The van der Waals surface area contributed by atoms with Crippen molar-refractivity contribution < 1.29 is 14.3 Å². The molecule has 0 aromatic carbocycles. The second-order valence-corrected chi connectivity index (χ2v) is 3.60. The van der Waals surface area contributed by atoms with Crippen LogP contribution in [0.1, 0.15) is 24.3 Å². The number of pyridine rings is 1. The molecule has 0 saturated heterocycles. The first-order chi connectivity index (χ1) is 7.03. The van der Waals surface area contributed by atoms with Gasteiger partial charge in [0, 0.05) is 13.3 Å². The largest absolute Gasteiger partial charge is 0.494 e. The molecule has 0 bridgehead atoms. The lowest BCUT2D eigenvalue weighted by atomic mass is 10.00. The number of aromatic nitrogens is 1. The van der Waals surface area contributed by atoms with Crippen LogP contribution < -0.4 is 4.74 Å². The van der Waals surface area contributed by atoms with E-state index in [-0.39, 0.29) is 5.78 Å². The summed E-state index contributed by atoms with van der Waals surface area (Å²) in [6.45, 7) is 3.40. The number of methoxy groups -OCH3 is 2. The molecule has 1 rings (SSSR count). The summed E-state index contributed by atoms with van der Waals surface area (Å²) in [6, 6.07) is 3.42. The van der Waals surface area contributed by atoms with Gasteiger partial charge in [0.15, 0.2) is 5.69 Å². The van der Waals surface area contributed by atoms with Gasteiger partial charge < -0.3 is 9.47 Å². The quantitative estimate of drug-likeness (QED) is 0.708. The molecule has 15 heavy (non-hydrogen) atoms. The van der Waals surface area contributed by atoms with E-state index in [1.54, 1.807) is 32.2 Å². The molecular formula is C11H15NO3. The van der Waals surface area contributed by atoms with Gasteiger partial charge in [-0.15, -0.1) is 0 Å². The third-order valence-corrected chi connectivity index (χ3v) is 2.26. The molecule has 0 aliphatic carbocycles. The molecule has 0 radical (unpaired) electrons. The molecular weight excluding hydrogens is 194 g/mol. The minimum Gasteiger partial charge on any atom is -0.494 e. The summed E-state index contributed by atoms with van der Waals surface area (Å²) >= 11 is 0. The van der Waals surface area contributed by atoms with Crippen molar-refractivity contribution in [2.45, 2.75) is 19.4 Å². The maximum absolute atomic E-state index is 12.0. The number of ether oxygens (including phenoxy) is 2. The highest BCUT2D eigenvalue weighted by atomic mass is 16.5. The first kappa shape index (κ1) is 11.7. The number of Topliss-reactive ketones (excluding diaryl/α,β-unsaturated/α-hetero) is 1. The highest BCUT2D eigenvalue weighted by Gasteiger charge is 2.31. The van der Waals surface area contributed by atoms with Gasteiger partial charge in [-0.1, -0.05) is 0 Å². The van der Waals surface area contributed by atoms with Crippen LogP contribution in [0.3, 0.4) is 0 Å². The van der Waals surface area contributed by atoms with Crippen LogP contribution in [0.4, 0.5) is 0 Å². The van der Waals surface area contributed by atoms with E-state index in [9.17, 15) is 4.79 Å². The van der Waals surface area contributed by atoms with Gasteiger partial charge in [-0.3, -0.25) is 4.79 Å². The van der Waals surface area contributed by atoms with Gasteiger partial charge in [-0.2, -0.15) is 0 Å². The summed E-state index contributed by atoms with van der Waals surface area (Å²) in [5.41, 5.74) is -0.589. The monoisotopic (exact) mass is 209 g/mol. The first-order valence-electron chi connectivity index (χ1n) is 4.62. The fraction of sp³-hybridized carbons (Fsp3) is 0.455. The van der Waals surface area contributed by atoms with Crippen molar-refractivity contribution in [3.8, 4) is 5.75 Å². The molecule has 82 valence electrons. The SMILES string of the molecule is COc1cccnc1C(=O)C(C)(C)OC. The standard InChI is InChI=1S/C11H15NO3/c1-11(2,15-4)10(13)9-8(14-3)6-5-7-12-9/h5-7H,1-4H3. The fourth-order valence-corrected chi connectivity index (χ4v) is 1.10. The number of carbonyl (C=O) groups is 1. The first-order valence-corrected chi connectivity index (χ1v) is 4.62. The fourth-order valence-electron chi connectivity index (χ4n) is 1.10. The number of rotatable bonds is 4. The van der Waals surface area contributed by atoms with Gasteiger partial charge in [0.25, 0.3) is 0 Å². The van der Waals surface area contributed by atoms with Gasteiger partial charge in [-0.05, 0) is 26.0 Å². The second kappa shape index (κ2) is 4.40. The van der Waals surface area contributed by atoms with E-state index in [0.717, 1.165) is 0 Å². The van der Waals surface area contributed by atoms with E-state index in [1.807, 2.05) is 0 Å². The highest BCUT2D eigenvalue weighted by molar-refractivity contribution is 6.02. The Bertz CT molecular complexity index is 361. The lowest BCUT2D eigenvalue weighted by Gasteiger charge is -2.21. The van der Waals surface area contributed by atoms with Crippen molar-refractivity contribution in [1.29, 1.82) is 0 Å². The van der Waals surface area contributed by atoms with Crippen LogP contribution in [0.2, 0.25) is 0 Å². The maximum Gasteiger partial charge on any atom is 0.216 e. The number of carbonyl (C=O) groups excluding carboxylic acids is 1. The van der Waals surface area contributed by atoms with Gasteiger partial charge >= 0.3 is 0 Å². The summed E-state index contributed by atoms with van der Waals surface area (Å²) in [7, 11) is 3.00. The normalized spacial score (nSPS) is 11.2. The smallest absolute Gasteiger partial charge is 0.216 e. The van der Waals surface area contributed by atoms with Gasteiger partial charge in [0.05, 0.1) is 7.11 Å². The average Bonchev–Trinajstić information content (AvgIpc) is 2.28. The topological polar surface area (TPSA) is 48.4 Å². The van der Waals surface area contributed by atoms with Crippen molar-refractivity contribution in [2.24, 2.45) is 0 Å². The molecule has 1 aromatic rings. The van der Waals surface area contributed by atoms with E-state index >= 15 is 0 Å². The minimum absolute atomic E-state index is 0.192. The summed E-state index contributed by atoms with van der Waals surface area (Å²) in [5.74, 6) is 0.273. The number of hydrogen-bond donors (Lipinski definition) is 0. The molecule has 0 fully saturated rings. The Balaban J connectivity index is 3.11. The van der Waals surface area contributed by atoms with Crippen LogP contribution in [0.25, 0.3) is 0 Å². The molecule has 1 heterocycles. The van der Waals surface area contributed by atoms with Crippen molar-refractivity contribution >= 4 is 5.78 Å². The van der Waals surface area contributed by atoms with E-state index in [0.29, 0.717) is 11.4 Å². The molecule has 1 aromatic heterocycles. The Hall–Kier alpha value is -1.42. The van der Waals surface area contributed by atoms with Gasteiger partial charge in [0.2, 0.25) is 5.78 Å². The molecule has 0 aliphatic rings. The van der Waals surface area contributed by atoms with Crippen molar-refractivity contribution in [2.75, 3.05) is 14.2 Å². The summed E-state index contributed by atoms with van der Waals surface area (Å²) in [5, 5.41) is 0. The molecule has 0 N–H and O–H groups in total. The Morgan fingerprint density at radius 2 is 2.07 bits per heavy atom. The van der Waals surface area contributed by atoms with E-state index < -0.39 is 5.60 Å². The van der Waals surface area contributed by atoms with Crippen LogP contribution >= 0.6 is 0 Å². The molecule has 0 aliphatic heterocycles. The van der Waals surface area contributed by atoms with E-state index in [2.05, 4.69) is 4.98 Å². The van der Waals surface area contributed by atoms with E-state index in [1.165, 1.54) is 14.2 Å². The number of ketones is 1. The highest BCUT2D eigenvalue weighted by Crippen LogP contribution is 2.22. The molecule has 0 spiro atoms. The maximum atomic E-state index is 12.0. The van der Waals surface area contributed by atoms with E-state index in [4.69, 9.17) is 9.47 Å². The lowest BCUT2D eigenvalue weighted by molar-refractivity contribution is 0.0221. The van der Waals surface area contributed by atoms with Gasteiger partial charge in [-0.25, -0.2) is 4.98 Å². The molecule has 4 heteroatoms. The molecule has 4 nitrogen and oxygen atoms in total. The van der Waals surface area contributed by atoms with Crippen molar-refractivity contribution in [1.82, 2.24) is 4.98 Å². The van der Waals surface area contributed by atoms with Crippen LogP contribution in [-0.2, 0) is 4.74 Å². The summed E-state index contributed by atoms with van der Waals surface area (Å²) < 4.78 is 10.2. The third-order valence-electron chi connectivity index (χ3n) is 2.26. The van der Waals surface area contributed by atoms with Gasteiger partial charge in [0.1, 0.15) is 11.4 Å². The zero-order valence-electron chi connectivity index (χ0n) is 9.40. The minimum atomic E-state index is -0.887.